The first-order valence-corrected chi connectivity index (χ1v) is 9.52. The van der Waals surface area contributed by atoms with Gasteiger partial charge in [0.1, 0.15) is 5.69 Å². The van der Waals surface area contributed by atoms with Crippen LogP contribution in [0.4, 0.5) is 5.69 Å². The third-order valence-electron chi connectivity index (χ3n) is 5.47. The molecular formula is C23H20N2O3. The minimum Gasteiger partial charge on any atom is -0.378 e. The molecule has 1 aliphatic rings. The molecule has 0 spiro atoms. The summed E-state index contributed by atoms with van der Waals surface area (Å²) < 4.78 is 7.55. The second-order valence-electron chi connectivity index (χ2n) is 7.15. The molecular weight excluding hydrogens is 352 g/mol. The van der Waals surface area contributed by atoms with Crippen molar-refractivity contribution >= 4 is 16.6 Å². The SMILES string of the molecule is O=c1c(-c2cn(Cc3ccccc3)c3ccccc23)c(N2CCOCC2)c1=O. The van der Waals surface area contributed by atoms with Gasteiger partial charge in [-0.15, -0.1) is 0 Å². The molecule has 2 heterocycles. The molecule has 140 valence electrons. The number of hydrogen-bond acceptors (Lipinski definition) is 4. The molecule has 5 rings (SSSR count). The van der Waals surface area contributed by atoms with E-state index in [4.69, 9.17) is 4.74 Å². The molecule has 1 saturated heterocycles. The number of ether oxygens (including phenoxy) is 1. The number of morpholine rings is 1. The lowest BCUT2D eigenvalue weighted by atomic mass is 9.97. The molecule has 28 heavy (non-hydrogen) atoms. The Kier molecular flexibility index (Phi) is 4.10. The molecule has 0 N–H and O–H groups in total. The summed E-state index contributed by atoms with van der Waals surface area (Å²) in [7, 11) is 0. The second-order valence-corrected chi connectivity index (χ2v) is 7.15. The van der Waals surface area contributed by atoms with E-state index in [-0.39, 0.29) is 10.9 Å². The molecule has 0 atom stereocenters. The molecule has 0 bridgehead atoms. The van der Waals surface area contributed by atoms with Crippen LogP contribution < -0.4 is 15.8 Å². The Labute approximate surface area is 162 Å². The summed E-state index contributed by atoms with van der Waals surface area (Å²) in [4.78, 5) is 26.9. The summed E-state index contributed by atoms with van der Waals surface area (Å²) in [6.07, 6.45) is 2.01. The first-order chi connectivity index (χ1) is 13.7. The smallest absolute Gasteiger partial charge is 0.250 e. The van der Waals surface area contributed by atoms with Gasteiger partial charge in [0.2, 0.25) is 10.9 Å². The van der Waals surface area contributed by atoms with E-state index >= 15 is 0 Å². The quantitative estimate of drug-likeness (QED) is 0.517. The minimum absolute atomic E-state index is 0.378. The molecule has 0 unspecified atom stereocenters. The van der Waals surface area contributed by atoms with E-state index in [1.54, 1.807) is 0 Å². The van der Waals surface area contributed by atoms with E-state index in [0.717, 1.165) is 16.5 Å². The molecule has 4 aromatic rings. The predicted octanol–water partition coefficient (Wildman–Crippen LogP) is 2.79. The monoisotopic (exact) mass is 372 g/mol. The molecule has 1 aliphatic heterocycles. The summed E-state index contributed by atoms with van der Waals surface area (Å²) in [5, 5.41) is 1.00. The van der Waals surface area contributed by atoms with Crippen molar-refractivity contribution in [2.24, 2.45) is 0 Å². The van der Waals surface area contributed by atoms with Gasteiger partial charge in [0.05, 0.1) is 18.8 Å². The lowest BCUT2D eigenvalue weighted by molar-refractivity contribution is 0.122. The summed E-state index contributed by atoms with van der Waals surface area (Å²) in [5.41, 5.74) is 3.43. The molecule has 0 radical (unpaired) electrons. The number of anilines is 1. The fraction of sp³-hybridized carbons (Fsp3) is 0.217. The van der Waals surface area contributed by atoms with Crippen LogP contribution in [0.2, 0.25) is 0 Å². The van der Waals surface area contributed by atoms with E-state index in [1.807, 2.05) is 47.5 Å². The number of para-hydroxylation sites is 1. The van der Waals surface area contributed by atoms with Gasteiger partial charge < -0.3 is 14.2 Å². The highest BCUT2D eigenvalue weighted by Gasteiger charge is 2.29. The zero-order chi connectivity index (χ0) is 19.1. The van der Waals surface area contributed by atoms with Crippen LogP contribution >= 0.6 is 0 Å². The molecule has 5 heteroatoms. The van der Waals surface area contributed by atoms with E-state index in [1.165, 1.54) is 5.56 Å². The Morgan fingerprint density at radius 3 is 2.36 bits per heavy atom. The summed E-state index contributed by atoms with van der Waals surface area (Å²) in [5.74, 6) is 0. The van der Waals surface area contributed by atoms with Crippen LogP contribution in [-0.4, -0.2) is 30.9 Å². The highest BCUT2D eigenvalue weighted by molar-refractivity contribution is 6.00. The molecule has 5 nitrogen and oxygen atoms in total. The van der Waals surface area contributed by atoms with Crippen molar-refractivity contribution in [3.05, 3.63) is 86.8 Å². The number of hydrogen-bond donors (Lipinski definition) is 0. The van der Waals surface area contributed by atoms with Crippen molar-refractivity contribution in [1.82, 2.24) is 4.57 Å². The predicted molar refractivity (Wildman–Crippen MR) is 111 cm³/mol. The van der Waals surface area contributed by atoms with Crippen molar-refractivity contribution < 1.29 is 4.74 Å². The van der Waals surface area contributed by atoms with Crippen LogP contribution in [0.3, 0.4) is 0 Å². The normalized spacial score (nSPS) is 14.8. The molecule has 3 aromatic carbocycles. The fourth-order valence-corrected chi connectivity index (χ4v) is 4.08. The van der Waals surface area contributed by atoms with E-state index in [9.17, 15) is 9.59 Å². The van der Waals surface area contributed by atoms with Gasteiger partial charge in [-0.3, -0.25) is 9.59 Å². The highest BCUT2D eigenvalue weighted by Crippen LogP contribution is 2.34. The zero-order valence-electron chi connectivity index (χ0n) is 15.4. The molecule has 0 saturated carbocycles. The summed E-state index contributed by atoms with van der Waals surface area (Å²) in [6, 6.07) is 18.3. The maximum Gasteiger partial charge on any atom is 0.250 e. The van der Waals surface area contributed by atoms with Gasteiger partial charge in [0, 0.05) is 42.3 Å². The van der Waals surface area contributed by atoms with E-state index < -0.39 is 0 Å². The van der Waals surface area contributed by atoms with Gasteiger partial charge in [0.25, 0.3) is 0 Å². The van der Waals surface area contributed by atoms with Crippen LogP contribution in [-0.2, 0) is 11.3 Å². The van der Waals surface area contributed by atoms with Gasteiger partial charge in [-0.2, -0.15) is 0 Å². The molecule has 0 aliphatic carbocycles. The van der Waals surface area contributed by atoms with Gasteiger partial charge in [-0.25, -0.2) is 0 Å². The van der Waals surface area contributed by atoms with Gasteiger partial charge in [0.15, 0.2) is 0 Å². The highest BCUT2D eigenvalue weighted by atomic mass is 16.5. The summed E-state index contributed by atoms with van der Waals surface area (Å²) >= 11 is 0. The van der Waals surface area contributed by atoms with E-state index in [2.05, 4.69) is 22.8 Å². The molecule has 0 amide bonds. The fourth-order valence-electron chi connectivity index (χ4n) is 4.08. The number of benzene rings is 2. The zero-order valence-corrected chi connectivity index (χ0v) is 15.4. The van der Waals surface area contributed by atoms with Crippen LogP contribution in [0, 0.1) is 0 Å². The third-order valence-corrected chi connectivity index (χ3v) is 5.47. The lowest BCUT2D eigenvalue weighted by Gasteiger charge is -2.30. The van der Waals surface area contributed by atoms with Crippen molar-refractivity contribution in [2.75, 3.05) is 31.2 Å². The number of fused-ring (bicyclic) bond motifs is 1. The van der Waals surface area contributed by atoms with Crippen molar-refractivity contribution in [1.29, 1.82) is 0 Å². The largest absolute Gasteiger partial charge is 0.378 e. The van der Waals surface area contributed by atoms with Crippen LogP contribution in [0.5, 0.6) is 0 Å². The lowest BCUT2D eigenvalue weighted by Crippen LogP contribution is -2.46. The molecule has 1 aromatic heterocycles. The van der Waals surface area contributed by atoms with E-state index in [0.29, 0.717) is 44.1 Å². The number of nitrogens with zero attached hydrogens (tertiary/aromatic N) is 2. The third kappa shape index (κ3) is 2.67. The van der Waals surface area contributed by atoms with Gasteiger partial charge in [-0.05, 0) is 11.6 Å². The van der Waals surface area contributed by atoms with Crippen molar-refractivity contribution in [3.8, 4) is 11.1 Å². The molecule has 1 fully saturated rings. The Hall–Kier alpha value is -3.18. The standard InChI is InChI=1S/C23H20N2O3/c26-22-20(21(23(22)27)24-10-12-28-13-11-24)18-15-25(14-16-6-2-1-3-7-16)19-9-5-4-8-17(18)19/h1-9,15H,10-14H2. The van der Waals surface area contributed by atoms with Gasteiger partial charge in [-0.1, -0.05) is 48.5 Å². The maximum atomic E-state index is 12.6. The first-order valence-electron chi connectivity index (χ1n) is 9.52. The summed E-state index contributed by atoms with van der Waals surface area (Å²) in [6.45, 7) is 3.15. The maximum absolute atomic E-state index is 12.6. The minimum atomic E-state index is -0.385. The Balaban J connectivity index is 1.64. The average molecular weight is 372 g/mol. The Morgan fingerprint density at radius 1 is 0.857 bits per heavy atom. The van der Waals surface area contributed by atoms with Crippen molar-refractivity contribution in [2.45, 2.75) is 6.54 Å². The van der Waals surface area contributed by atoms with Crippen LogP contribution in [0.1, 0.15) is 5.56 Å². The average Bonchev–Trinajstić information content (AvgIpc) is 3.10. The number of aromatic nitrogens is 1. The number of rotatable bonds is 4. The Bertz CT molecular complexity index is 1210. The van der Waals surface area contributed by atoms with Crippen LogP contribution in [0.15, 0.2) is 70.4 Å². The van der Waals surface area contributed by atoms with Crippen LogP contribution in [0.25, 0.3) is 22.0 Å². The van der Waals surface area contributed by atoms with Crippen molar-refractivity contribution in [3.63, 3.8) is 0 Å². The van der Waals surface area contributed by atoms with Gasteiger partial charge >= 0.3 is 0 Å². The first kappa shape index (κ1) is 17.0. The second kappa shape index (κ2) is 6.77. The topological polar surface area (TPSA) is 51.5 Å². The Morgan fingerprint density at radius 2 is 1.57 bits per heavy atom.